The van der Waals surface area contributed by atoms with E-state index in [4.69, 9.17) is 5.73 Å². The second kappa shape index (κ2) is 3.29. The van der Waals surface area contributed by atoms with Crippen LogP contribution in [0.5, 0.6) is 0 Å². The van der Waals surface area contributed by atoms with E-state index in [1.807, 2.05) is 20.0 Å². The minimum Gasteiger partial charge on any atom is -0.319 e. The van der Waals surface area contributed by atoms with Gasteiger partial charge in [-0.3, -0.25) is 0 Å². The Hall–Kier alpha value is -1.00. The van der Waals surface area contributed by atoms with E-state index >= 15 is 0 Å². The van der Waals surface area contributed by atoms with E-state index in [1.54, 1.807) is 0 Å². The van der Waals surface area contributed by atoms with Crippen LogP contribution in [0.1, 0.15) is 30.9 Å². The minimum absolute atomic E-state index is 0.445. The van der Waals surface area contributed by atoms with Crippen molar-refractivity contribution in [3.8, 4) is 0 Å². The van der Waals surface area contributed by atoms with Crippen LogP contribution >= 0.6 is 0 Å². The van der Waals surface area contributed by atoms with E-state index in [1.165, 1.54) is 5.56 Å². The van der Waals surface area contributed by atoms with Gasteiger partial charge in [-0.05, 0) is 13.8 Å². The molecule has 0 aliphatic carbocycles. The zero-order valence-electron chi connectivity index (χ0n) is 8.67. The van der Waals surface area contributed by atoms with E-state index in [9.17, 15) is 0 Å². The second-order valence-corrected chi connectivity index (χ2v) is 4.31. The molecule has 0 spiro atoms. The highest BCUT2D eigenvalue weighted by Crippen LogP contribution is 2.16. The molecule has 4 nitrogen and oxygen atoms in total. The predicted molar refractivity (Wildman–Crippen MR) is 54.7 cm³/mol. The summed E-state index contributed by atoms with van der Waals surface area (Å²) in [6, 6.07) is 0. The van der Waals surface area contributed by atoms with Gasteiger partial charge in [0.05, 0.1) is 5.54 Å². The highest BCUT2D eigenvalue weighted by Gasteiger charge is 2.20. The third kappa shape index (κ3) is 1.76. The molecule has 1 aromatic rings. The molecule has 0 aromatic carbocycles. The number of fused-ring (bicyclic) bond motifs is 1. The fourth-order valence-electron chi connectivity index (χ4n) is 1.55. The topological polar surface area (TPSA) is 63.8 Å². The standard InChI is InChI=1S/C10H16N4/c1-10(2,11)9-13-6-7-5-12-4-3-8(7)14-9/h6,12H,3-5,11H2,1-2H3. The van der Waals surface area contributed by atoms with Crippen LogP contribution in [0.2, 0.25) is 0 Å². The molecule has 0 saturated heterocycles. The molecule has 76 valence electrons. The fraction of sp³-hybridized carbons (Fsp3) is 0.600. The van der Waals surface area contributed by atoms with Gasteiger partial charge in [0, 0.05) is 37.0 Å². The highest BCUT2D eigenvalue weighted by atomic mass is 15.0. The van der Waals surface area contributed by atoms with E-state index in [2.05, 4.69) is 15.3 Å². The van der Waals surface area contributed by atoms with Crippen LogP contribution < -0.4 is 11.1 Å². The Morgan fingerprint density at radius 3 is 3.00 bits per heavy atom. The molecule has 0 saturated carbocycles. The van der Waals surface area contributed by atoms with Crippen LogP contribution in [0.3, 0.4) is 0 Å². The number of hydrogen-bond donors (Lipinski definition) is 2. The molecule has 1 aromatic heterocycles. The third-order valence-corrected chi connectivity index (χ3v) is 2.38. The Morgan fingerprint density at radius 2 is 2.29 bits per heavy atom. The van der Waals surface area contributed by atoms with E-state index in [0.717, 1.165) is 31.0 Å². The van der Waals surface area contributed by atoms with Crippen molar-refractivity contribution in [2.75, 3.05) is 6.54 Å². The summed E-state index contributed by atoms with van der Waals surface area (Å²) in [5.74, 6) is 0.734. The maximum atomic E-state index is 5.95. The number of hydrogen-bond acceptors (Lipinski definition) is 4. The molecule has 0 radical (unpaired) electrons. The van der Waals surface area contributed by atoms with Gasteiger partial charge in [-0.2, -0.15) is 0 Å². The number of aromatic nitrogens is 2. The Kier molecular flexibility index (Phi) is 2.25. The van der Waals surface area contributed by atoms with Crippen LogP contribution in [0.15, 0.2) is 6.20 Å². The van der Waals surface area contributed by atoms with Crippen LogP contribution in [-0.4, -0.2) is 16.5 Å². The minimum atomic E-state index is -0.445. The fourth-order valence-corrected chi connectivity index (χ4v) is 1.55. The van der Waals surface area contributed by atoms with Gasteiger partial charge in [-0.1, -0.05) is 0 Å². The lowest BCUT2D eigenvalue weighted by Gasteiger charge is -2.21. The number of nitrogens with one attached hydrogen (secondary N) is 1. The molecule has 2 rings (SSSR count). The second-order valence-electron chi connectivity index (χ2n) is 4.31. The molecule has 0 fully saturated rings. The van der Waals surface area contributed by atoms with Crippen LogP contribution in [0.25, 0.3) is 0 Å². The van der Waals surface area contributed by atoms with Crippen molar-refractivity contribution in [1.82, 2.24) is 15.3 Å². The molecule has 3 N–H and O–H groups in total. The Bertz CT molecular complexity index is 340. The summed E-state index contributed by atoms with van der Waals surface area (Å²) in [6.07, 6.45) is 2.86. The number of nitrogens with two attached hydrogens (primary N) is 1. The van der Waals surface area contributed by atoms with Gasteiger partial charge in [0.25, 0.3) is 0 Å². The van der Waals surface area contributed by atoms with E-state index in [0.29, 0.717) is 0 Å². The summed E-state index contributed by atoms with van der Waals surface area (Å²) in [5.41, 5.74) is 7.85. The molecule has 0 amide bonds. The summed E-state index contributed by atoms with van der Waals surface area (Å²) >= 11 is 0. The zero-order chi connectivity index (χ0) is 10.2. The van der Waals surface area contributed by atoms with Crippen molar-refractivity contribution in [2.45, 2.75) is 32.4 Å². The van der Waals surface area contributed by atoms with Crippen molar-refractivity contribution in [3.63, 3.8) is 0 Å². The van der Waals surface area contributed by atoms with Crippen molar-refractivity contribution in [1.29, 1.82) is 0 Å². The lowest BCUT2D eigenvalue weighted by Crippen LogP contribution is -2.33. The lowest BCUT2D eigenvalue weighted by molar-refractivity contribution is 0.503. The molecule has 0 unspecified atom stereocenters. The Morgan fingerprint density at radius 1 is 1.50 bits per heavy atom. The molecule has 1 aliphatic heterocycles. The maximum Gasteiger partial charge on any atom is 0.147 e. The van der Waals surface area contributed by atoms with Gasteiger partial charge in [-0.25, -0.2) is 9.97 Å². The van der Waals surface area contributed by atoms with Crippen LogP contribution in [0, 0.1) is 0 Å². The first-order valence-electron chi connectivity index (χ1n) is 4.92. The molecule has 0 atom stereocenters. The summed E-state index contributed by atoms with van der Waals surface area (Å²) in [5, 5.41) is 3.29. The summed E-state index contributed by atoms with van der Waals surface area (Å²) in [6.45, 7) is 5.72. The summed E-state index contributed by atoms with van der Waals surface area (Å²) in [7, 11) is 0. The van der Waals surface area contributed by atoms with Crippen molar-refractivity contribution in [3.05, 3.63) is 23.3 Å². The highest BCUT2D eigenvalue weighted by molar-refractivity contribution is 5.21. The van der Waals surface area contributed by atoms with Gasteiger partial charge in [0.1, 0.15) is 5.82 Å². The van der Waals surface area contributed by atoms with Gasteiger partial charge in [0.2, 0.25) is 0 Å². The van der Waals surface area contributed by atoms with Crippen LogP contribution in [-0.2, 0) is 18.5 Å². The van der Waals surface area contributed by atoms with Crippen molar-refractivity contribution < 1.29 is 0 Å². The monoisotopic (exact) mass is 192 g/mol. The first-order chi connectivity index (χ1) is 6.57. The van der Waals surface area contributed by atoms with Gasteiger partial charge in [-0.15, -0.1) is 0 Å². The Balaban J connectivity index is 2.39. The van der Waals surface area contributed by atoms with E-state index in [-0.39, 0.29) is 0 Å². The smallest absolute Gasteiger partial charge is 0.147 e. The molecule has 2 heterocycles. The normalized spacial score (nSPS) is 16.5. The molecule has 1 aliphatic rings. The van der Waals surface area contributed by atoms with Crippen molar-refractivity contribution >= 4 is 0 Å². The summed E-state index contributed by atoms with van der Waals surface area (Å²) in [4.78, 5) is 8.80. The predicted octanol–water partition coefficient (Wildman–Crippen LogP) is 0.316. The van der Waals surface area contributed by atoms with Gasteiger partial charge >= 0.3 is 0 Å². The van der Waals surface area contributed by atoms with Gasteiger partial charge < -0.3 is 11.1 Å². The lowest BCUT2D eigenvalue weighted by atomic mass is 10.0. The quantitative estimate of drug-likeness (QED) is 0.672. The van der Waals surface area contributed by atoms with Crippen molar-refractivity contribution in [2.24, 2.45) is 5.73 Å². The number of rotatable bonds is 1. The largest absolute Gasteiger partial charge is 0.319 e. The number of nitrogens with zero attached hydrogens (tertiary/aromatic N) is 2. The molecule has 14 heavy (non-hydrogen) atoms. The Labute approximate surface area is 83.9 Å². The average molecular weight is 192 g/mol. The molecular weight excluding hydrogens is 176 g/mol. The van der Waals surface area contributed by atoms with Crippen LogP contribution in [0.4, 0.5) is 0 Å². The zero-order valence-corrected chi connectivity index (χ0v) is 8.67. The first kappa shape index (κ1) is 9.55. The van der Waals surface area contributed by atoms with E-state index < -0.39 is 5.54 Å². The SMILES string of the molecule is CC(C)(N)c1ncc2c(n1)CCNC2. The maximum absolute atomic E-state index is 5.95. The van der Waals surface area contributed by atoms with Gasteiger partial charge in [0.15, 0.2) is 0 Å². The first-order valence-corrected chi connectivity index (χ1v) is 4.92. The molecule has 4 heteroatoms. The molecule has 0 bridgehead atoms. The average Bonchev–Trinajstić information content (AvgIpc) is 2.16. The summed E-state index contributed by atoms with van der Waals surface area (Å²) < 4.78 is 0. The third-order valence-electron chi connectivity index (χ3n) is 2.38. The molecular formula is C10H16N4.